The van der Waals surface area contributed by atoms with Crippen molar-refractivity contribution in [2.75, 3.05) is 18.5 Å². The second-order valence-electron chi connectivity index (χ2n) is 5.78. The fourth-order valence-corrected chi connectivity index (χ4v) is 2.47. The third-order valence-electron chi connectivity index (χ3n) is 4.41. The maximum absolute atomic E-state index is 13.0. The molecule has 23 heavy (non-hydrogen) atoms. The van der Waals surface area contributed by atoms with Gasteiger partial charge in [0.15, 0.2) is 0 Å². The minimum atomic E-state index is -0.787. The second kappa shape index (κ2) is 8.62. The molecule has 0 atom stereocenters. The van der Waals surface area contributed by atoms with Gasteiger partial charge in [0.05, 0.1) is 0 Å². The van der Waals surface area contributed by atoms with Crippen molar-refractivity contribution in [2.24, 2.45) is 5.41 Å². The van der Waals surface area contributed by atoms with Crippen LogP contribution in [0.2, 0.25) is 0 Å². The predicted octanol–water partition coefficient (Wildman–Crippen LogP) is 2.38. The minimum Gasteiger partial charge on any atom is -0.396 e. The SMILES string of the molecule is CCC(CC)(CCO)CNC(=O)C(=O)Nc1ccc(F)cc1C. The van der Waals surface area contributed by atoms with E-state index in [1.54, 1.807) is 6.92 Å². The number of carbonyl (C=O) groups excluding carboxylic acids is 2. The van der Waals surface area contributed by atoms with Gasteiger partial charge in [0.25, 0.3) is 0 Å². The molecule has 0 heterocycles. The van der Waals surface area contributed by atoms with Gasteiger partial charge in [0.2, 0.25) is 0 Å². The van der Waals surface area contributed by atoms with Gasteiger partial charge in [0.1, 0.15) is 5.82 Å². The molecule has 3 N–H and O–H groups in total. The molecule has 128 valence electrons. The van der Waals surface area contributed by atoms with Gasteiger partial charge in [-0.25, -0.2) is 4.39 Å². The summed E-state index contributed by atoms with van der Waals surface area (Å²) in [5.41, 5.74) is 0.735. The Balaban J connectivity index is 2.65. The number of aryl methyl sites for hydroxylation is 1. The molecular formula is C17H25FN2O3. The third-order valence-corrected chi connectivity index (χ3v) is 4.41. The highest BCUT2D eigenvalue weighted by Gasteiger charge is 2.27. The molecule has 0 radical (unpaired) electrons. The highest BCUT2D eigenvalue weighted by molar-refractivity contribution is 6.39. The molecule has 0 aromatic heterocycles. The Morgan fingerprint density at radius 1 is 1.22 bits per heavy atom. The number of halogens is 1. The van der Waals surface area contributed by atoms with Crippen LogP contribution in [0.25, 0.3) is 0 Å². The summed E-state index contributed by atoms with van der Waals surface area (Å²) in [7, 11) is 0. The lowest BCUT2D eigenvalue weighted by Gasteiger charge is -2.31. The van der Waals surface area contributed by atoms with Crippen molar-refractivity contribution in [3.63, 3.8) is 0 Å². The number of nitrogens with one attached hydrogen (secondary N) is 2. The van der Waals surface area contributed by atoms with Crippen LogP contribution in [-0.2, 0) is 9.59 Å². The molecule has 1 aromatic carbocycles. The zero-order valence-electron chi connectivity index (χ0n) is 13.9. The summed E-state index contributed by atoms with van der Waals surface area (Å²) in [5, 5.41) is 14.3. The molecule has 2 amide bonds. The van der Waals surface area contributed by atoms with Crippen molar-refractivity contribution in [1.29, 1.82) is 0 Å². The third kappa shape index (κ3) is 5.32. The molecule has 0 saturated carbocycles. The van der Waals surface area contributed by atoms with Crippen LogP contribution in [-0.4, -0.2) is 30.1 Å². The van der Waals surface area contributed by atoms with E-state index in [1.807, 2.05) is 13.8 Å². The van der Waals surface area contributed by atoms with Gasteiger partial charge < -0.3 is 15.7 Å². The molecule has 0 bridgehead atoms. The van der Waals surface area contributed by atoms with Crippen LogP contribution in [0.3, 0.4) is 0 Å². The van der Waals surface area contributed by atoms with Crippen molar-refractivity contribution >= 4 is 17.5 Å². The summed E-state index contributed by atoms with van der Waals surface area (Å²) in [6.45, 7) is 6.01. The van der Waals surface area contributed by atoms with E-state index in [-0.39, 0.29) is 12.0 Å². The molecule has 0 saturated heterocycles. The number of aliphatic hydroxyl groups is 1. The lowest BCUT2D eigenvalue weighted by Crippen LogP contribution is -2.42. The first-order valence-electron chi connectivity index (χ1n) is 7.83. The van der Waals surface area contributed by atoms with Crippen molar-refractivity contribution in [3.05, 3.63) is 29.6 Å². The zero-order valence-corrected chi connectivity index (χ0v) is 13.9. The number of anilines is 1. The first-order chi connectivity index (χ1) is 10.9. The van der Waals surface area contributed by atoms with Crippen LogP contribution < -0.4 is 10.6 Å². The Bertz CT molecular complexity index is 557. The number of benzene rings is 1. The van der Waals surface area contributed by atoms with Crippen LogP contribution in [0.5, 0.6) is 0 Å². The molecule has 0 fully saturated rings. The van der Waals surface area contributed by atoms with Crippen LogP contribution in [0, 0.1) is 18.2 Å². The van der Waals surface area contributed by atoms with Gasteiger partial charge in [-0.3, -0.25) is 9.59 Å². The first kappa shape index (κ1) is 19.1. The Morgan fingerprint density at radius 3 is 2.39 bits per heavy atom. The van der Waals surface area contributed by atoms with Crippen LogP contribution in [0.4, 0.5) is 10.1 Å². The maximum atomic E-state index is 13.0. The fraction of sp³-hybridized carbons (Fsp3) is 0.529. The lowest BCUT2D eigenvalue weighted by molar-refractivity contribution is -0.136. The van der Waals surface area contributed by atoms with E-state index in [1.165, 1.54) is 18.2 Å². The number of amides is 2. The highest BCUT2D eigenvalue weighted by atomic mass is 19.1. The van der Waals surface area contributed by atoms with E-state index < -0.39 is 17.6 Å². The average Bonchev–Trinajstić information content (AvgIpc) is 2.53. The van der Waals surface area contributed by atoms with Gasteiger partial charge in [0, 0.05) is 18.8 Å². The number of aliphatic hydroxyl groups excluding tert-OH is 1. The Kier molecular flexibility index (Phi) is 7.16. The summed E-state index contributed by atoms with van der Waals surface area (Å²) < 4.78 is 13.0. The summed E-state index contributed by atoms with van der Waals surface area (Å²) in [6.07, 6.45) is 2.16. The van der Waals surface area contributed by atoms with Gasteiger partial charge in [-0.05, 0) is 55.4 Å². The van der Waals surface area contributed by atoms with E-state index in [9.17, 15) is 14.0 Å². The van der Waals surface area contributed by atoms with Crippen LogP contribution in [0.1, 0.15) is 38.7 Å². The lowest BCUT2D eigenvalue weighted by atomic mass is 9.79. The van der Waals surface area contributed by atoms with Gasteiger partial charge in [-0.1, -0.05) is 13.8 Å². The van der Waals surface area contributed by atoms with E-state index in [4.69, 9.17) is 5.11 Å². The molecule has 0 unspecified atom stereocenters. The van der Waals surface area contributed by atoms with Crippen molar-refractivity contribution in [1.82, 2.24) is 5.32 Å². The summed E-state index contributed by atoms with van der Waals surface area (Å²) in [5.74, 6) is -1.92. The number of hydrogen-bond donors (Lipinski definition) is 3. The monoisotopic (exact) mass is 324 g/mol. The van der Waals surface area contributed by atoms with Gasteiger partial charge in [-0.2, -0.15) is 0 Å². The Hall–Kier alpha value is -1.95. The van der Waals surface area contributed by atoms with Gasteiger partial charge >= 0.3 is 11.8 Å². The molecule has 0 aliphatic carbocycles. The molecule has 0 spiro atoms. The zero-order chi connectivity index (χ0) is 17.5. The average molecular weight is 324 g/mol. The van der Waals surface area contributed by atoms with E-state index in [2.05, 4.69) is 10.6 Å². The largest absolute Gasteiger partial charge is 0.396 e. The Labute approximate surface area is 136 Å². The van der Waals surface area contributed by atoms with Gasteiger partial charge in [-0.15, -0.1) is 0 Å². The fourth-order valence-electron chi connectivity index (χ4n) is 2.47. The maximum Gasteiger partial charge on any atom is 0.313 e. The van der Waals surface area contributed by atoms with E-state index >= 15 is 0 Å². The molecule has 0 aliphatic heterocycles. The summed E-state index contributed by atoms with van der Waals surface area (Å²) in [4.78, 5) is 23.9. The van der Waals surface area contributed by atoms with E-state index in [0.29, 0.717) is 24.2 Å². The van der Waals surface area contributed by atoms with Crippen molar-refractivity contribution in [3.8, 4) is 0 Å². The summed E-state index contributed by atoms with van der Waals surface area (Å²) >= 11 is 0. The number of carbonyl (C=O) groups is 2. The predicted molar refractivity (Wildman–Crippen MR) is 87.5 cm³/mol. The first-order valence-corrected chi connectivity index (χ1v) is 7.83. The second-order valence-corrected chi connectivity index (χ2v) is 5.78. The molecule has 1 aromatic rings. The quantitative estimate of drug-likeness (QED) is 0.674. The molecule has 5 nitrogen and oxygen atoms in total. The highest BCUT2D eigenvalue weighted by Crippen LogP contribution is 2.29. The van der Waals surface area contributed by atoms with E-state index in [0.717, 1.165) is 12.8 Å². The molecular weight excluding hydrogens is 299 g/mol. The van der Waals surface area contributed by atoms with Crippen LogP contribution in [0.15, 0.2) is 18.2 Å². The molecule has 0 aliphatic rings. The Morgan fingerprint density at radius 2 is 1.87 bits per heavy atom. The normalized spacial score (nSPS) is 11.2. The number of rotatable bonds is 7. The standard InChI is InChI=1S/C17H25FN2O3/c1-4-17(5-2,8-9-21)11-19-15(22)16(23)20-14-7-6-13(18)10-12(14)3/h6-7,10,21H,4-5,8-9,11H2,1-3H3,(H,19,22)(H,20,23). The smallest absolute Gasteiger partial charge is 0.313 e. The topological polar surface area (TPSA) is 78.4 Å². The minimum absolute atomic E-state index is 0.0402. The van der Waals surface area contributed by atoms with Crippen molar-refractivity contribution in [2.45, 2.75) is 40.0 Å². The molecule has 6 heteroatoms. The van der Waals surface area contributed by atoms with Crippen LogP contribution >= 0.6 is 0 Å². The molecule has 1 rings (SSSR count). The summed E-state index contributed by atoms with van der Waals surface area (Å²) in [6, 6.07) is 3.93. The number of hydrogen-bond acceptors (Lipinski definition) is 3. The van der Waals surface area contributed by atoms with Crippen molar-refractivity contribution < 1.29 is 19.1 Å².